The number of nitrogens with one attached hydrogen (secondary N) is 1. The van der Waals surface area contributed by atoms with E-state index in [0.29, 0.717) is 5.95 Å². The molecule has 0 radical (unpaired) electrons. The monoisotopic (exact) mass is 248 g/mol. The van der Waals surface area contributed by atoms with Gasteiger partial charge in [-0.3, -0.25) is 0 Å². The predicted molar refractivity (Wildman–Crippen MR) is 66.0 cm³/mol. The van der Waals surface area contributed by atoms with Crippen molar-refractivity contribution in [2.75, 3.05) is 5.32 Å². The van der Waals surface area contributed by atoms with Crippen LogP contribution >= 0.6 is 0 Å². The number of hydrogen-bond acceptors (Lipinski definition) is 3. The standard InChI is InChI=1S/C13H15N3.ClH/c1-9-5-4-6-12(7-9)16-13-14-10(2)8-11(3)15-13;/h4-8H,1-3H3,(H,14,15,16);1H/p-1. The van der Waals surface area contributed by atoms with Crippen LogP contribution in [-0.4, -0.2) is 9.97 Å². The Morgan fingerprint density at radius 3 is 2.18 bits per heavy atom. The first kappa shape index (κ1) is 13.5. The van der Waals surface area contributed by atoms with Crippen molar-refractivity contribution in [3.05, 3.63) is 47.3 Å². The maximum absolute atomic E-state index is 4.34. The quantitative estimate of drug-likeness (QED) is 0.822. The molecule has 0 fully saturated rings. The summed E-state index contributed by atoms with van der Waals surface area (Å²) in [5.74, 6) is 0.656. The fourth-order valence-corrected chi connectivity index (χ4v) is 1.63. The Bertz CT molecular complexity index is 492. The van der Waals surface area contributed by atoms with Crippen molar-refractivity contribution in [3.63, 3.8) is 0 Å². The van der Waals surface area contributed by atoms with Crippen LogP contribution in [0.2, 0.25) is 0 Å². The number of aromatic nitrogens is 2. The molecule has 0 aliphatic heterocycles. The van der Waals surface area contributed by atoms with Crippen LogP contribution in [0.1, 0.15) is 17.0 Å². The lowest BCUT2D eigenvalue weighted by molar-refractivity contribution is -0.00000375. The summed E-state index contributed by atoms with van der Waals surface area (Å²) in [6.45, 7) is 6.00. The summed E-state index contributed by atoms with van der Waals surface area (Å²) in [6, 6.07) is 10.1. The largest absolute Gasteiger partial charge is 1.00 e. The molecule has 0 aliphatic rings. The molecule has 17 heavy (non-hydrogen) atoms. The van der Waals surface area contributed by atoms with E-state index in [-0.39, 0.29) is 12.4 Å². The van der Waals surface area contributed by atoms with Gasteiger partial charge in [0.15, 0.2) is 0 Å². The van der Waals surface area contributed by atoms with Gasteiger partial charge in [-0.05, 0) is 44.5 Å². The Hall–Kier alpha value is -1.61. The van der Waals surface area contributed by atoms with E-state index in [4.69, 9.17) is 0 Å². The van der Waals surface area contributed by atoms with E-state index in [1.165, 1.54) is 5.56 Å². The van der Waals surface area contributed by atoms with E-state index in [1.807, 2.05) is 32.0 Å². The van der Waals surface area contributed by atoms with E-state index in [1.54, 1.807) is 0 Å². The second kappa shape index (κ2) is 5.64. The van der Waals surface area contributed by atoms with Crippen LogP contribution in [0.4, 0.5) is 11.6 Å². The highest BCUT2D eigenvalue weighted by atomic mass is 35.5. The lowest BCUT2D eigenvalue weighted by Crippen LogP contribution is -3.00. The van der Waals surface area contributed by atoms with E-state index in [9.17, 15) is 0 Å². The maximum atomic E-state index is 4.34. The van der Waals surface area contributed by atoms with Crippen LogP contribution in [0.15, 0.2) is 30.3 Å². The van der Waals surface area contributed by atoms with Gasteiger partial charge in [0.25, 0.3) is 0 Å². The van der Waals surface area contributed by atoms with E-state index >= 15 is 0 Å². The lowest BCUT2D eigenvalue weighted by atomic mass is 10.2. The normalized spacial score (nSPS) is 9.59. The molecule has 1 N–H and O–H groups in total. The summed E-state index contributed by atoms with van der Waals surface area (Å²) < 4.78 is 0. The molecule has 0 atom stereocenters. The summed E-state index contributed by atoms with van der Waals surface area (Å²) in [5, 5.41) is 3.20. The summed E-state index contributed by atoms with van der Waals surface area (Å²) in [4.78, 5) is 8.67. The number of halogens is 1. The van der Waals surface area contributed by atoms with E-state index in [0.717, 1.165) is 17.1 Å². The third-order valence-corrected chi connectivity index (χ3v) is 2.26. The Morgan fingerprint density at radius 1 is 0.941 bits per heavy atom. The molecule has 1 aromatic heterocycles. The SMILES string of the molecule is Cc1cccc(Nc2nc(C)cc(C)n2)c1.[Cl-]. The van der Waals surface area contributed by atoms with E-state index in [2.05, 4.69) is 34.3 Å². The van der Waals surface area contributed by atoms with Gasteiger partial charge in [-0.1, -0.05) is 12.1 Å². The van der Waals surface area contributed by atoms with Gasteiger partial charge in [0, 0.05) is 17.1 Å². The molecule has 2 aromatic rings. The molecule has 0 unspecified atom stereocenters. The van der Waals surface area contributed by atoms with Crippen molar-refractivity contribution >= 4 is 11.6 Å². The fourth-order valence-electron chi connectivity index (χ4n) is 1.63. The number of benzene rings is 1. The zero-order valence-electron chi connectivity index (χ0n) is 10.2. The fraction of sp³-hybridized carbons (Fsp3) is 0.231. The summed E-state index contributed by atoms with van der Waals surface area (Å²) in [5.41, 5.74) is 4.18. The highest BCUT2D eigenvalue weighted by Gasteiger charge is 1.99. The molecular formula is C13H15ClN3-. The molecule has 1 heterocycles. The van der Waals surface area contributed by atoms with Crippen LogP contribution < -0.4 is 17.7 Å². The zero-order chi connectivity index (χ0) is 11.5. The minimum absolute atomic E-state index is 0. The third-order valence-electron chi connectivity index (χ3n) is 2.26. The van der Waals surface area contributed by atoms with Gasteiger partial charge < -0.3 is 17.7 Å². The Kier molecular flexibility index (Phi) is 4.46. The minimum atomic E-state index is 0. The second-order valence-corrected chi connectivity index (χ2v) is 3.97. The zero-order valence-corrected chi connectivity index (χ0v) is 10.9. The highest BCUT2D eigenvalue weighted by Crippen LogP contribution is 2.14. The van der Waals surface area contributed by atoms with E-state index < -0.39 is 0 Å². The summed E-state index contributed by atoms with van der Waals surface area (Å²) in [6.07, 6.45) is 0. The smallest absolute Gasteiger partial charge is 0.227 e. The van der Waals surface area contributed by atoms with Crippen molar-refractivity contribution in [2.24, 2.45) is 0 Å². The van der Waals surface area contributed by atoms with Crippen molar-refractivity contribution < 1.29 is 12.4 Å². The van der Waals surface area contributed by atoms with Crippen LogP contribution in [0.5, 0.6) is 0 Å². The molecule has 4 heteroatoms. The van der Waals surface area contributed by atoms with Crippen LogP contribution in [0.3, 0.4) is 0 Å². The minimum Gasteiger partial charge on any atom is -1.00 e. The first-order valence-electron chi connectivity index (χ1n) is 5.29. The molecule has 0 aliphatic carbocycles. The molecule has 0 spiro atoms. The van der Waals surface area contributed by atoms with Gasteiger partial charge in [0.2, 0.25) is 5.95 Å². The lowest BCUT2D eigenvalue weighted by Gasteiger charge is -2.06. The van der Waals surface area contributed by atoms with Crippen molar-refractivity contribution in [2.45, 2.75) is 20.8 Å². The van der Waals surface area contributed by atoms with Crippen LogP contribution in [0, 0.1) is 20.8 Å². The van der Waals surface area contributed by atoms with Crippen molar-refractivity contribution in [1.82, 2.24) is 9.97 Å². The molecule has 0 saturated carbocycles. The average molecular weight is 249 g/mol. The Morgan fingerprint density at radius 2 is 1.59 bits per heavy atom. The van der Waals surface area contributed by atoms with Gasteiger partial charge in [-0.2, -0.15) is 0 Å². The highest BCUT2D eigenvalue weighted by molar-refractivity contribution is 5.54. The molecule has 0 amide bonds. The van der Waals surface area contributed by atoms with Crippen molar-refractivity contribution in [3.8, 4) is 0 Å². The second-order valence-electron chi connectivity index (χ2n) is 3.97. The number of hydrogen-bond donors (Lipinski definition) is 1. The predicted octanol–water partition coefficient (Wildman–Crippen LogP) is 0.149. The number of aryl methyl sites for hydroxylation is 3. The summed E-state index contributed by atoms with van der Waals surface area (Å²) in [7, 11) is 0. The first-order chi connectivity index (χ1) is 7.63. The summed E-state index contributed by atoms with van der Waals surface area (Å²) >= 11 is 0. The van der Waals surface area contributed by atoms with Gasteiger partial charge >= 0.3 is 0 Å². The van der Waals surface area contributed by atoms with Crippen molar-refractivity contribution in [1.29, 1.82) is 0 Å². The number of anilines is 2. The topological polar surface area (TPSA) is 37.8 Å². The molecule has 0 saturated heterocycles. The molecular weight excluding hydrogens is 234 g/mol. The van der Waals surface area contributed by atoms with Gasteiger partial charge in [0.05, 0.1) is 0 Å². The first-order valence-corrected chi connectivity index (χ1v) is 5.29. The van der Waals surface area contributed by atoms with Gasteiger partial charge in [-0.25, -0.2) is 9.97 Å². The molecule has 2 rings (SSSR count). The average Bonchev–Trinajstić information content (AvgIpc) is 2.15. The van der Waals surface area contributed by atoms with Gasteiger partial charge in [-0.15, -0.1) is 0 Å². The maximum Gasteiger partial charge on any atom is 0.227 e. The van der Waals surface area contributed by atoms with Gasteiger partial charge in [0.1, 0.15) is 0 Å². The number of rotatable bonds is 2. The third kappa shape index (κ3) is 3.71. The molecule has 3 nitrogen and oxygen atoms in total. The Balaban J connectivity index is 0.00000144. The Labute approximate surface area is 108 Å². The van der Waals surface area contributed by atoms with Crippen LogP contribution in [0.25, 0.3) is 0 Å². The molecule has 90 valence electrons. The van der Waals surface area contributed by atoms with Crippen LogP contribution in [-0.2, 0) is 0 Å². The molecule has 0 bridgehead atoms. The number of nitrogens with zero attached hydrogens (tertiary/aromatic N) is 2. The molecule has 1 aromatic carbocycles.